The summed E-state index contributed by atoms with van der Waals surface area (Å²) in [4.78, 5) is 22.6. The third kappa shape index (κ3) is 4.09. The molecule has 2 aliphatic rings. The van der Waals surface area contributed by atoms with E-state index < -0.39 is 5.97 Å². The molecule has 2 rings (SSSR count). The highest BCUT2D eigenvalue weighted by atomic mass is 16.4. The van der Waals surface area contributed by atoms with E-state index in [-0.39, 0.29) is 23.9 Å². The van der Waals surface area contributed by atoms with Crippen molar-refractivity contribution in [2.24, 2.45) is 5.41 Å². The summed E-state index contributed by atoms with van der Waals surface area (Å²) in [6.07, 6.45) is 4.91. The van der Waals surface area contributed by atoms with Gasteiger partial charge in [-0.15, -0.1) is 0 Å². The largest absolute Gasteiger partial charge is 0.481 e. The Morgan fingerprint density at radius 2 is 1.95 bits per heavy atom. The Kier molecular flexibility index (Phi) is 4.63. The summed E-state index contributed by atoms with van der Waals surface area (Å²) in [7, 11) is 0. The van der Waals surface area contributed by atoms with Crippen LogP contribution in [0.4, 0.5) is 4.79 Å². The predicted molar refractivity (Wildman–Crippen MR) is 71.0 cm³/mol. The Morgan fingerprint density at radius 3 is 2.47 bits per heavy atom. The topological polar surface area (TPSA) is 90.5 Å². The van der Waals surface area contributed by atoms with E-state index in [0.29, 0.717) is 6.54 Å². The number of hydrogen-bond acceptors (Lipinski definition) is 3. The minimum atomic E-state index is -0.778. The fourth-order valence-electron chi connectivity index (χ4n) is 2.88. The third-order valence-corrected chi connectivity index (χ3v) is 4.24. The van der Waals surface area contributed by atoms with Crippen molar-refractivity contribution < 1.29 is 14.7 Å². The summed E-state index contributed by atoms with van der Waals surface area (Å²) in [5, 5.41) is 18.0. The van der Waals surface area contributed by atoms with Crippen LogP contribution in [0, 0.1) is 5.41 Å². The van der Waals surface area contributed by atoms with Gasteiger partial charge in [-0.1, -0.05) is 6.42 Å². The van der Waals surface area contributed by atoms with E-state index in [1.807, 2.05) is 0 Å². The zero-order valence-corrected chi connectivity index (χ0v) is 11.2. The number of aliphatic carboxylic acids is 1. The van der Waals surface area contributed by atoms with Crippen molar-refractivity contribution in [3.63, 3.8) is 0 Å². The number of carbonyl (C=O) groups is 2. The molecule has 6 nitrogen and oxygen atoms in total. The van der Waals surface area contributed by atoms with E-state index in [1.54, 1.807) is 0 Å². The first kappa shape index (κ1) is 14.1. The van der Waals surface area contributed by atoms with Crippen LogP contribution >= 0.6 is 0 Å². The molecular weight excluding hydrogens is 246 g/mol. The lowest BCUT2D eigenvalue weighted by Crippen LogP contribution is -2.50. The van der Waals surface area contributed by atoms with Crippen molar-refractivity contribution in [3.05, 3.63) is 0 Å². The Morgan fingerprint density at radius 1 is 1.26 bits per heavy atom. The second-order valence-corrected chi connectivity index (χ2v) is 5.78. The third-order valence-electron chi connectivity index (χ3n) is 4.24. The van der Waals surface area contributed by atoms with Gasteiger partial charge in [0.2, 0.25) is 0 Å². The first-order valence-electron chi connectivity index (χ1n) is 7.07. The van der Waals surface area contributed by atoms with Crippen LogP contribution in [0.15, 0.2) is 0 Å². The van der Waals surface area contributed by atoms with Gasteiger partial charge in [0, 0.05) is 12.6 Å². The summed E-state index contributed by atoms with van der Waals surface area (Å²) in [5.74, 6) is -0.778. The molecule has 0 aromatic heterocycles. The highest BCUT2D eigenvalue weighted by molar-refractivity contribution is 5.74. The quantitative estimate of drug-likeness (QED) is 0.591. The molecule has 1 aliphatic carbocycles. The number of carboxylic acid groups (broad SMARTS) is 1. The van der Waals surface area contributed by atoms with Crippen molar-refractivity contribution in [2.75, 3.05) is 19.6 Å². The fourth-order valence-corrected chi connectivity index (χ4v) is 2.88. The second kappa shape index (κ2) is 6.23. The van der Waals surface area contributed by atoms with Crippen LogP contribution in [0.25, 0.3) is 0 Å². The molecule has 2 fully saturated rings. The highest BCUT2D eigenvalue weighted by Gasteiger charge is 2.39. The fraction of sp³-hybridized carbons (Fsp3) is 0.846. The van der Waals surface area contributed by atoms with Gasteiger partial charge in [0.25, 0.3) is 0 Å². The van der Waals surface area contributed by atoms with Gasteiger partial charge in [-0.3, -0.25) is 4.79 Å². The molecule has 1 heterocycles. The van der Waals surface area contributed by atoms with E-state index in [1.165, 1.54) is 0 Å². The molecule has 2 amide bonds. The molecule has 0 aromatic rings. The van der Waals surface area contributed by atoms with Gasteiger partial charge in [-0.25, -0.2) is 4.79 Å². The van der Waals surface area contributed by atoms with Crippen LogP contribution in [0.3, 0.4) is 0 Å². The first-order chi connectivity index (χ1) is 9.10. The van der Waals surface area contributed by atoms with Gasteiger partial charge in [0.05, 0.1) is 6.42 Å². The van der Waals surface area contributed by atoms with Gasteiger partial charge in [-0.05, 0) is 44.2 Å². The van der Waals surface area contributed by atoms with Gasteiger partial charge < -0.3 is 21.1 Å². The van der Waals surface area contributed by atoms with Gasteiger partial charge in [0.15, 0.2) is 0 Å². The summed E-state index contributed by atoms with van der Waals surface area (Å²) in [5.41, 5.74) is -0.211. The molecule has 1 saturated carbocycles. The molecule has 19 heavy (non-hydrogen) atoms. The van der Waals surface area contributed by atoms with Gasteiger partial charge in [0.1, 0.15) is 0 Å². The number of urea groups is 1. The number of hydrogen-bond donors (Lipinski definition) is 4. The van der Waals surface area contributed by atoms with E-state index in [9.17, 15) is 9.59 Å². The minimum Gasteiger partial charge on any atom is -0.481 e. The lowest BCUT2D eigenvalue weighted by atomic mass is 9.66. The SMILES string of the molecule is O=C(O)CC1(CNC(=O)NC2CCNCC2)CCC1. The maximum atomic E-state index is 11.8. The molecule has 4 N–H and O–H groups in total. The Balaban J connectivity index is 1.71. The number of carbonyl (C=O) groups excluding carboxylic acids is 1. The second-order valence-electron chi connectivity index (χ2n) is 5.78. The summed E-state index contributed by atoms with van der Waals surface area (Å²) < 4.78 is 0. The molecular formula is C13H23N3O3. The first-order valence-corrected chi connectivity index (χ1v) is 7.07. The van der Waals surface area contributed by atoms with E-state index in [4.69, 9.17) is 5.11 Å². The normalized spacial score (nSPS) is 22.3. The van der Waals surface area contributed by atoms with E-state index in [0.717, 1.165) is 45.2 Å². The number of carboxylic acids is 1. The lowest BCUT2D eigenvalue weighted by Gasteiger charge is -2.41. The van der Waals surface area contributed by atoms with Crippen molar-refractivity contribution in [1.29, 1.82) is 0 Å². The monoisotopic (exact) mass is 269 g/mol. The molecule has 0 spiro atoms. The summed E-state index contributed by atoms with van der Waals surface area (Å²) >= 11 is 0. The number of amides is 2. The van der Waals surface area contributed by atoms with E-state index in [2.05, 4.69) is 16.0 Å². The van der Waals surface area contributed by atoms with Crippen LogP contribution in [0.1, 0.15) is 38.5 Å². The van der Waals surface area contributed by atoms with Crippen molar-refractivity contribution in [1.82, 2.24) is 16.0 Å². The minimum absolute atomic E-state index is 0.153. The maximum Gasteiger partial charge on any atom is 0.315 e. The van der Waals surface area contributed by atoms with Crippen molar-refractivity contribution >= 4 is 12.0 Å². The molecule has 0 bridgehead atoms. The van der Waals surface area contributed by atoms with Crippen LogP contribution in [0.2, 0.25) is 0 Å². The van der Waals surface area contributed by atoms with Gasteiger partial charge >= 0.3 is 12.0 Å². The van der Waals surface area contributed by atoms with Crippen LogP contribution in [-0.4, -0.2) is 42.8 Å². The highest BCUT2D eigenvalue weighted by Crippen LogP contribution is 2.43. The number of piperidine rings is 1. The Bertz CT molecular complexity index is 336. The molecule has 0 atom stereocenters. The van der Waals surface area contributed by atoms with Crippen molar-refractivity contribution in [2.45, 2.75) is 44.6 Å². The zero-order chi connectivity index (χ0) is 13.7. The van der Waals surface area contributed by atoms with E-state index >= 15 is 0 Å². The maximum absolute atomic E-state index is 11.8. The number of nitrogens with one attached hydrogen (secondary N) is 3. The molecule has 0 aromatic carbocycles. The molecule has 108 valence electrons. The zero-order valence-electron chi connectivity index (χ0n) is 11.2. The predicted octanol–water partition coefficient (Wildman–Crippen LogP) is 0.683. The molecule has 0 unspecified atom stereocenters. The molecule has 6 heteroatoms. The smallest absolute Gasteiger partial charge is 0.315 e. The van der Waals surface area contributed by atoms with Crippen LogP contribution in [-0.2, 0) is 4.79 Å². The standard InChI is InChI=1S/C13H23N3O3/c17-11(18)8-13(4-1-5-13)9-15-12(19)16-10-2-6-14-7-3-10/h10,14H,1-9H2,(H,17,18)(H2,15,16,19). The molecule has 1 aliphatic heterocycles. The summed E-state index contributed by atoms with van der Waals surface area (Å²) in [6.45, 7) is 2.35. The Hall–Kier alpha value is -1.30. The lowest BCUT2D eigenvalue weighted by molar-refractivity contribution is -0.141. The number of rotatable bonds is 5. The molecule has 0 radical (unpaired) electrons. The Labute approximate surface area is 113 Å². The van der Waals surface area contributed by atoms with Crippen molar-refractivity contribution in [3.8, 4) is 0 Å². The average molecular weight is 269 g/mol. The van der Waals surface area contributed by atoms with Crippen LogP contribution < -0.4 is 16.0 Å². The molecule has 1 saturated heterocycles. The average Bonchev–Trinajstić information content (AvgIpc) is 2.33. The van der Waals surface area contributed by atoms with Crippen LogP contribution in [0.5, 0.6) is 0 Å². The van der Waals surface area contributed by atoms with Gasteiger partial charge in [-0.2, -0.15) is 0 Å². The summed E-state index contributed by atoms with van der Waals surface area (Å²) in [6, 6.07) is 0.0710.